The van der Waals surface area contributed by atoms with Gasteiger partial charge in [-0.2, -0.15) is 0 Å². The average molecular weight is 714 g/mol. The summed E-state index contributed by atoms with van der Waals surface area (Å²) in [4.78, 5) is 49.2. The van der Waals surface area contributed by atoms with E-state index in [4.69, 9.17) is 9.47 Å². The average Bonchev–Trinajstić information content (AvgIpc) is 3.47. The molecule has 264 valence electrons. The number of imidazole rings is 1. The summed E-state index contributed by atoms with van der Waals surface area (Å²) in [7, 11) is 7.16. The highest BCUT2D eigenvalue weighted by molar-refractivity contribution is 6.12. The number of para-hydroxylation sites is 1. The number of piperazine rings is 1. The summed E-state index contributed by atoms with van der Waals surface area (Å²) >= 11 is 0. The van der Waals surface area contributed by atoms with E-state index in [2.05, 4.69) is 27.1 Å². The number of rotatable bonds is 13. The van der Waals surface area contributed by atoms with Crippen LogP contribution in [0.4, 0.5) is 11.4 Å². The quantitative estimate of drug-likeness (QED) is 0.141. The molecule has 11 nitrogen and oxygen atoms in total. The molecule has 1 aromatic heterocycles. The van der Waals surface area contributed by atoms with Gasteiger partial charge in [-0.1, -0.05) is 12.1 Å². The first kappa shape index (κ1) is 39.3. The van der Waals surface area contributed by atoms with Gasteiger partial charge in [-0.05, 0) is 81.3 Å². The molecule has 1 N–H and O–H groups in total. The van der Waals surface area contributed by atoms with Crippen LogP contribution < -0.4 is 19.7 Å². The van der Waals surface area contributed by atoms with Crippen LogP contribution in [-0.4, -0.2) is 97.5 Å². The van der Waals surface area contributed by atoms with Gasteiger partial charge in [-0.3, -0.25) is 14.5 Å². The number of nitrogens with one attached hydrogen (secondary N) is 1. The van der Waals surface area contributed by atoms with Crippen molar-refractivity contribution in [2.24, 2.45) is 7.05 Å². The second-order valence-electron chi connectivity index (χ2n) is 12.1. The SMILES string of the molecule is COc1cc(C(=O)N(C)c2ccc(C)cc2OCCCCC(C=O)N2CCN(C)CC2)ccc1NC(=O)c1cccc2ncn(C)c12.Cl.Cl. The van der Waals surface area contributed by atoms with E-state index in [9.17, 15) is 14.4 Å². The Labute approximate surface area is 300 Å². The van der Waals surface area contributed by atoms with Crippen molar-refractivity contribution in [2.45, 2.75) is 32.2 Å². The molecule has 13 heteroatoms. The van der Waals surface area contributed by atoms with Crippen molar-refractivity contribution in [2.75, 3.05) is 64.2 Å². The number of aryl methyl sites for hydroxylation is 2. The maximum absolute atomic E-state index is 13.7. The van der Waals surface area contributed by atoms with Crippen LogP contribution in [0.15, 0.2) is 60.9 Å². The van der Waals surface area contributed by atoms with E-state index in [-0.39, 0.29) is 42.7 Å². The number of fused-ring (bicyclic) bond motifs is 1. The highest BCUT2D eigenvalue weighted by Crippen LogP contribution is 2.32. The topological polar surface area (TPSA) is 109 Å². The van der Waals surface area contributed by atoms with E-state index in [1.165, 1.54) is 7.11 Å². The fourth-order valence-electron chi connectivity index (χ4n) is 5.96. The Kier molecular flexibility index (Phi) is 14.4. The van der Waals surface area contributed by atoms with E-state index in [1.807, 2.05) is 38.2 Å². The zero-order chi connectivity index (χ0) is 33.5. The molecule has 1 atom stereocenters. The van der Waals surface area contributed by atoms with Crippen LogP contribution in [0.3, 0.4) is 0 Å². The van der Waals surface area contributed by atoms with Gasteiger partial charge in [0.05, 0.1) is 54.1 Å². The second kappa shape index (κ2) is 18.0. The Balaban J connectivity index is 0.00000325. The molecule has 0 bridgehead atoms. The van der Waals surface area contributed by atoms with Crippen molar-refractivity contribution in [1.82, 2.24) is 19.4 Å². The highest BCUT2D eigenvalue weighted by atomic mass is 35.5. The van der Waals surface area contributed by atoms with Gasteiger partial charge in [0.15, 0.2) is 0 Å². The first-order valence-electron chi connectivity index (χ1n) is 16.0. The van der Waals surface area contributed by atoms with Gasteiger partial charge in [0.1, 0.15) is 17.8 Å². The Hall–Kier alpha value is -4.16. The molecule has 4 aromatic rings. The monoisotopic (exact) mass is 712 g/mol. The van der Waals surface area contributed by atoms with Crippen LogP contribution in [0.2, 0.25) is 0 Å². The number of nitrogens with zero attached hydrogens (tertiary/aromatic N) is 5. The standard InChI is InChI=1S/C36H44N6O5.2ClH/c1-25-12-15-31(33(21-25)47-20-7-6-9-27(23-43)42-18-16-39(2)17-19-42)41(4)36(45)26-13-14-29(32(22-26)46-5)38-35(44)28-10-8-11-30-34(28)40(3)24-37-30;;/h8,10-15,21-24,27H,6-7,9,16-20H2,1-5H3,(H,38,44);2*1H. The first-order chi connectivity index (χ1) is 22.7. The zero-order valence-corrected chi connectivity index (χ0v) is 30.3. The smallest absolute Gasteiger partial charge is 0.258 e. The number of carbonyl (C=O) groups is 3. The van der Waals surface area contributed by atoms with Gasteiger partial charge in [0.2, 0.25) is 0 Å². The van der Waals surface area contributed by atoms with Gasteiger partial charge in [0, 0.05) is 45.8 Å². The van der Waals surface area contributed by atoms with Gasteiger partial charge in [-0.25, -0.2) is 4.98 Å². The molecule has 1 fully saturated rings. The zero-order valence-electron chi connectivity index (χ0n) is 28.7. The molecule has 1 aliphatic heterocycles. The van der Waals surface area contributed by atoms with Gasteiger partial charge in [-0.15, -0.1) is 24.8 Å². The summed E-state index contributed by atoms with van der Waals surface area (Å²) in [5.41, 5.74) is 4.43. The minimum Gasteiger partial charge on any atom is -0.495 e. The van der Waals surface area contributed by atoms with Crippen molar-refractivity contribution in [1.29, 1.82) is 0 Å². The number of unbranched alkanes of at least 4 members (excludes halogenated alkanes) is 1. The predicted octanol–water partition coefficient (Wildman–Crippen LogP) is 5.63. The Morgan fingerprint density at radius 3 is 2.47 bits per heavy atom. The maximum atomic E-state index is 13.7. The minimum absolute atomic E-state index is 0. The summed E-state index contributed by atoms with van der Waals surface area (Å²) in [6.45, 7) is 6.24. The lowest BCUT2D eigenvalue weighted by Crippen LogP contribution is -2.49. The minimum atomic E-state index is -0.309. The lowest BCUT2D eigenvalue weighted by molar-refractivity contribution is -0.113. The van der Waals surface area contributed by atoms with E-state index < -0.39 is 0 Å². The Morgan fingerprint density at radius 1 is 1.00 bits per heavy atom. The van der Waals surface area contributed by atoms with E-state index in [0.717, 1.165) is 68.3 Å². The lowest BCUT2D eigenvalue weighted by atomic mass is 10.1. The summed E-state index contributed by atoms with van der Waals surface area (Å²) in [5.74, 6) is 0.416. The molecule has 0 aliphatic carbocycles. The molecule has 1 unspecified atom stereocenters. The van der Waals surface area contributed by atoms with Crippen molar-refractivity contribution in [3.05, 3.63) is 77.6 Å². The Morgan fingerprint density at radius 2 is 1.76 bits per heavy atom. The maximum Gasteiger partial charge on any atom is 0.258 e. The number of carbonyl (C=O) groups excluding carboxylic acids is 3. The van der Waals surface area contributed by atoms with Crippen LogP contribution in [-0.2, 0) is 11.8 Å². The van der Waals surface area contributed by atoms with Gasteiger partial charge >= 0.3 is 0 Å². The molecule has 5 rings (SSSR count). The molecule has 1 saturated heterocycles. The van der Waals surface area contributed by atoms with Crippen molar-refractivity contribution in [3.63, 3.8) is 0 Å². The van der Waals surface area contributed by atoms with Crippen LogP contribution in [0.25, 0.3) is 11.0 Å². The van der Waals surface area contributed by atoms with E-state index in [0.29, 0.717) is 40.6 Å². The molecule has 3 aromatic carbocycles. The van der Waals surface area contributed by atoms with Crippen molar-refractivity contribution in [3.8, 4) is 11.5 Å². The number of hydrogen-bond acceptors (Lipinski definition) is 8. The number of hydrogen-bond donors (Lipinski definition) is 1. The largest absolute Gasteiger partial charge is 0.495 e. The van der Waals surface area contributed by atoms with Crippen LogP contribution in [0.1, 0.15) is 45.5 Å². The van der Waals surface area contributed by atoms with Crippen molar-refractivity contribution < 1.29 is 23.9 Å². The van der Waals surface area contributed by atoms with Gasteiger partial charge in [0.25, 0.3) is 11.8 Å². The molecular formula is C36H46Cl2N6O5. The molecule has 0 saturated carbocycles. The number of halogens is 2. The van der Waals surface area contributed by atoms with Crippen molar-refractivity contribution >= 4 is 65.3 Å². The first-order valence-corrected chi connectivity index (χ1v) is 16.0. The third-order valence-electron chi connectivity index (χ3n) is 8.78. The number of aldehydes is 1. The number of amides is 2. The third kappa shape index (κ3) is 9.30. The van der Waals surface area contributed by atoms with E-state index in [1.54, 1.807) is 53.2 Å². The van der Waals surface area contributed by atoms with E-state index >= 15 is 0 Å². The molecule has 2 heterocycles. The summed E-state index contributed by atoms with van der Waals surface area (Å²) < 4.78 is 13.6. The fourth-order valence-corrected chi connectivity index (χ4v) is 5.96. The van der Waals surface area contributed by atoms with Crippen LogP contribution in [0, 0.1) is 6.92 Å². The molecule has 0 radical (unpaired) electrons. The number of anilines is 2. The number of benzene rings is 3. The summed E-state index contributed by atoms with van der Waals surface area (Å²) in [5, 5.41) is 2.92. The fraction of sp³-hybridized carbons (Fsp3) is 0.389. The number of ether oxygens (including phenoxy) is 2. The predicted molar refractivity (Wildman–Crippen MR) is 198 cm³/mol. The third-order valence-corrected chi connectivity index (χ3v) is 8.78. The number of methoxy groups -OCH3 is 1. The van der Waals surface area contributed by atoms with Crippen LogP contribution >= 0.6 is 24.8 Å². The second-order valence-corrected chi connectivity index (χ2v) is 12.1. The molecule has 49 heavy (non-hydrogen) atoms. The van der Waals surface area contributed by atoms with Gasteiger partial charge < -0.3 is 34.0 Å². The highest BCUT2D eigenvalue weighted by Gasteiger charge is 2.23. The molecule has 2 amide bonds. The summed E-state index contributed by atoms with van der Waals surface area (Å²) in [6, 6.07) is 16.0. The molecular weight excluding hydrogens is 667 g/mol. The lowest BCUT2D eigenvalue weighted by Gasteiger charge is -2.35. The molecule has 1 aliphatic rings. The number of likely N-dealkylation sites (N-methyl/N-ethyl adjacent to an activating group) is 1. The Bertz CT molecular complexity index is 1740. The van der Waals surface area contributed by atoms with Crippen LogP contribution in [0.5, 0.6) is 11.5 Å². The summed E-state index contributed by atoms with van der Waals surface area (Å²) in [6.07, 6.45) is 5.20. The normalized spacial score (nSPS) is 13.9. The number of aromatic nitrogens is 2. The molecule has 0 spiro atoms.